The molecule has 1 spiro atoms. The number of amides is 3. The lowest BCUT2D eigenvalue weighted by Crippen LogP contribution is -2.52. The Morgan fingerprint density at radius 3 is 2.42 bits per heavy atom. The fraction of sp³-hybridized carbons (Fsp3) is 0.300. The lowest BCUT2D eigenvalue weighted by molar-refractivity contribution is -0.385. The maximum Gasteiger partial charge on any atom is 0.269 e. The predicted molar refractivity (Wildman–Crippen MR) is 247 cm³/mol. The monoisotopic (exact) mass is 877 g/mol. The lowest BCUT2D eigenvalue weighted by Gasteiger charge is -2.39. The smallest absolute Gasteiger partial charge is 0.269 e. The normalized spacial score (nSPS) is 21.5. The first kappa shape index (κ1) is 42.7. The number of nitro groups is 1. The highest BCUT2D eigenvalue weighted by atomic mass is 28.3. The molecule has 14 heteroatoms. The molecule has 0 radical (unpaired) electrons. The third-order valence-corrected chi connectivity index (χ3v) is 18.3. The fourth-order valence-corrected chi connectivity index (χ4v) is 14.6. The third kappa shape index (κ3) is 7.44. The summed E-state index contributed by atoms with van der Waals surface area (Å²) in [6.45, 7) is 6.69. The van der Waals surface area contributed by atoms with E-state index < -0.39 is 36.7 Å². The molecule has 3 amide bonds. The number of fused-ring (bicyclic) bond motifs is 4. The number of hydrogen-bond donors (Lipinski definition) is 3. The molecular formula is C50H51N5O8Si. The van der Waals surface area contributed by atoms with E-state index in [1.54, 1.807) is 35.1 Å². The van der Waals surface area contributed by atoms with Gasteiger partial charge in [0.05, 0.1) is 63.9 Å². The summed E-state index contributed by atoms with van der Waals surface area (Å²) in [5.74, 6) is -0.527. The van der Waals surface area contributed by atoms with Crippen molar-refractivity contribution in [2.75, 3.05) is 23.9 Å². The predicted octanol–water partition coefficient (Wildman–Crippen LogP) is 7.36. The molecule has 4 heterocycles. The maximum absolute atomic E-state index is 15.4. The van der Waals surface area contributed by atoms with Gasteiger partial charge in [0.15, 0.2) is 5.60 Å². The molecule has 64 heavy (non-hydrogen) atoms. The number of nitro benzene ring substituents is 1. The van der Waals surface area contributed by atoms with Gasteiger partial charge in [-0.25, -0.2) is 0 Å². The number of hydrogen-bond acceptors (Lipinski definition) is 8. The summed E-state index contributed by atoms with van der Waals surface area (Å²) in [7, 11) is -1.07. The highest BCUT2D eigenvalue weighted by molar-refractivity contribution is 6.91. The topological polar surface area (TPSA) is 167 Å². The number of nitrogens with one attached hydrogen (secondary N) is 2. The molecule has 3 aliphatic rings. The number of non-ortho nitro benzene ring substituents is 1. The van der Waals surface area contributed by atoms with E-state index in [1.165, 1.54) is 12.1 Å². The van der Waals surface area contributed by atoms with Gasteiger partial charge >= 0.3 is 0 Å². The third-order valence-electron chi connectivity index (χ3n) is 13.9. The summed E-state index contributed by atoms with van der Waals surface area (Å²) >= 11 is 0. The number of carbonyl (C=O) groups excluding carboxylic acids is 3. The number of aromatic amines is 1. The zero-order valence-electron chi connectivity index (χ0n) is 36.2. The molecule has 5 aromatic carbocycles. The molecule has 6 aromatic rings. The van der Waals surface area contributed by atoms with Crippen molar-refractivity contribution in [1.82, 2.24) is 9.88 Å². The first-order valence-electron chi connectivity index (χ1n) is 21.7. The number of nitrogens with zero attached hydrogens (tertiary/aromatic N) is 3. The van der Waals surface area contributed by atoms with E-state index in [9.17, 15) is 24.8 Å². The van der Waals surface area contributed by atoms with Crippen LogP contribution in [0.2, 0.25) is 18.6 Å². The zero-order valence-corrected chi connectivity index (χ0v) is 37.2. The van der Waals surface area contributed by atoms with Gasteiger partial charge in [-0.15, -0.1) is 0 Å². The van der Waals surface area contributed by atoms with Crippen LogP contribution in [-0.4, -0.2) is 71.6 Å². The average Bonchev–Trinajstić information content (AvgIpc) is 3.92. The first-order chi connectivity index (χ1) is 30.8. The van der Waals surface area contributed by atoms with Crippen LogP contribution in [0.1, 0.15) is 41.2 Å². The molecule has 0 aliphatic carbocycles. The quantitative estimate of drug-likeness (QED) is 0.0652. The highest BCUT2D eigenvalue weighted by Gasteiger charge is 2.67. The van der Waals surface area contributed by atoms with E-state index >= 15 is 4.79 Å². The van der Waals surface area contributed by atoms with Gasteiger partial charge in [0.25, 0.3) is 11.6 Å². The largest absolute Gasteiger partial charge is 0.497 e. The molecular weight excluding hydrogens is 827 g/mol. The Hall–Kier alpha value is -6.61. The van der Waals surface area contributed by atoms with Crippen LogP contribution in [0, 0.1) is 16.0 Å². The van der Waals surface area contributed by atoms with Crippen LogP contribution in [0.3, 0.4) is 0 Å². The SMILES string of the molecule is COc1ccc([Si](C)(C)[C@H]2[C@H](CC(=O)N3Cc4ccccc4C[C@H]3CO)O[C@@]3(C(=O)N(Cc4ccc(NC(=O)Cc5c[nH]c6ccccc56)cc4)c4ccc([N+](=O)[O-])cc43)[C@@H]2C)cc1. The van der Waals surface area contributed by atoms with Gasteiger partial charge < -0.3 is 34.7 Å². The van der Waals surface area contributed by atoms with Gasteiger partial charge in [0.1, 0.15) is 5.75 Å². The fourth-order valence-electron chi connectivity index (χ4n) is 10.6. The van der Waals surface area contributed by atoms with E-state index in [2.05, 4.69) is 23.4 Å². The van der Waals surface area contributed by atoms with E-state index in [0.717, 1.165) is 38.3 Å². The summed E-state index contributed by atoms with van der Waals surface area (Å²) in [5.41, 5.74) is 4.12. The van der Waals surface area contributed by atoms with Gasteiger partial charge in [0.2, 0.25) is 11.8 Å². The number of para-hydroxylation sites is 1. The summed E-state index contributed by atoms with van der Waals surface area (Å²) in [5, 5.41) is 27.9. The van der Waals surface area contributed by atoms with E-state index in [1.807, 2.05) is 98.0 Å². The van der Waals surface area contributed by atoms with E-state index in [0.29, 0.717) is 35.7 Å². The van der Waals surface area contributed by atoms with E-state index in [-0.39, 0.29) is 54.9 Å². The Kier molecular flexibility index (Phi) is 11.2. The van der Waals surface area contributed by atoms with Crippen LogP contribution in [0.15, 0.2) is 121 Å². The van der Waals surface area contributed by atoms with Crippen molar-refractivity contribution in [2.45, 2.75) is 75.7 Å². The number of carbonyl (C=O) groups is 3. The molecule has 5 atom stereocenters. The Morgan fingerprint density at radius 2 is 1.70 bits per heavy atom. The minimum Gasteiger partial charge on any atom is -0.497 e. The van der Waals surface area contributed by atoms with Crippen LogP contribution in [-0.2, 0) is 50.7 Å². The lowest BCUT2D eigenvalue weighted by atomic mass is 9.82. The first-order valence-corrected chi connectivity index (χ1v) is 24.7. The Bertz CT molecular complexity index is 2770. The molecule has 1 saturated heterocycles. The number of rotatable bonds is 12. The molecule has 1 fully saturated rings. The molecule has 0 unspecified atom stereocenters. The molecule has 0 bridgehead atoms. The van der Waals surface area contributed by atoms with Crippen molar-refractivity contribution in [3.63, 3.8) is 0 Å². The summed E-state index contributed by atoms with van der Waals surface area (Å²) < 4.78 is 12.7. The van der Waals surface area contributed by atoms with Crippen LogP contribution in [0.25, 0.3) is 10.9 Å². The van der Waals surface area contributed by atoms with Crippen LogP contribution in [0.4, 0.5) is 17.1 Å². The van der Waals surface area contributed by atoms with Gasteiger partial charge in [0, 0.05) is 52.9 Å². The Balaban J connectivity index is 1.04. The number of aliphatic hydroxyl groups excluding tert-OH is 1. The Morgan fingerprint density at radius 1 is 0.984 bits per heavy atom. The minimum atomic E-state index is -2.68. The van der Waals surface area contributed by atoms with Gasteiger partial charge in [-0.2, -0.15) is 0 Å². The summed E-state index contributed by atoms with van der Waals surface area (Å²) in [4.78, 5) is 61.7. The summed E-state index contributed by atoms with van der Waals surface area (Å²) in [6.07, 6.45) is 1.76. The molecule has 328 valence electrons. The summed E-state index contributed by atoms with van der Waals surface area (Å²) in [6, 6.07) is 35.0. The number of methoxy groups -OCH3 is 1. The van der Waals surface area contributed by atoms with Crippen molar-refractivity contribution in [3.05, 3.63) is 159 Å². The minimum absolute atomic E-state index is 0.0486. The molecule has 0 saturated carbocycles. The van der Waals surface area contributed by atoms with Gasteiger partial charge in [-0.1, -0.05) is 91.9 Å². The van der Waals surface area contributed by atoms with Gasteiger partial charge in [-0.05, 0) is 70.6 Å². The zero-order chi connectivity index (χ0) is 44.9. The maximum atomic E-state index is 15.4. The molecule has 3 N–H and O–H groups in total. The number of ether oxygens (including phenoxy) is 2. The second kappa shape index (κ2) is 16.8. The second-order valence-electron chi connectivity index (χ2n) is 17.8. The van der Waals surface area contributed by atoms with Crippen molar-refractivity contribution >= 4 is 58.9 Å². The van der Waals surface area contributed by atoms with Gasteiger partial charge in [-0.3, -0.25) is 24.5 Å². The number of aromatic nitrogens is 1. The molecule has 1 aromatic heterocycles. The molecule has 9 rings (SSSR count). The van der Waals surface area contributed by atoms with Crippen molar-refractivity contribution in [3.8, 4) is 5.75 Å². The van der Waals surface area contributed by atoms with E-state index in [4.69, 9.17) is 9.47 Å². The standard InChI is InChI=1S/C50H51N5O8Si/c1-31-48(64(3,4)40-20-18-39(62-2)19-21-40)45(26-47(58)53-29-34-10-6-5-9-33(34)23-38(53)30-56)63-50(31)42-25-37(55(60)61)17-22-44(42)54(49(50)59)28-32-13-15-36(16-14-32)52-46(57)24-35-27-51-43-12-8-7-11-41(35)43/h5-22,25,27,31,38,45,48,51,56H,23-24,26,28-30H2,1-4H3,(H,52,57)/t31-,38+,45+,48-,50+/m1/s1. The van der Waals surface area contributed by atoms with Crippen LogP contribution < -0.4 is 20.1 Å². The highest BCUT2D eigenvalue weighted by Crippen LogP contribution is 2.60. The van der Waals surface area contributed by atoms with Crippen molar-refractivity contribution in [2.24, 2.45) is 5.92 Å². The number of H-pyrrole nitrogens is 1. The molecule has 3 aliphatic heterocycles. The van der Waals surface area contributed by atoms with Crippen molar-refractivity contribution < 1.29 is 33.9 Å². The second-order valence-corrected chi connectivity index (χ2v) is 22.5. The number of aliphatic hydroxyl groups is 1. The van der Waals surface area contributed by atoms with Crippen LogP contribution >= 0.6 is 0 Å². The number of benzene rings is 5. The van der Waals surface area contributed by atoms with Crippen LogP contribution in [0.5, 0.6) is 5.75 Å². The number of anilines is 2. The average molecular weight is 878 g/mol. The Labute approximate surface area is 372 Å². The molecule has 13 nitrogen and oxygen atoms in total. The van der Waals surface area contributed by atoms with Crippen molar-refractivity contribution in [1.29, 1.82) is 0 Å².